The summed E-state index contributed by atoms with van der Waals surface area (Å²) < 4.78 is 10.3. The van der Waals surface area contributed by atoms with Crippen LogP contribution in [0.2, 0.25) is 0 Å². The Kier molecular flexibility index (Phi) is 6.92. The fourth-order valence-electron chi connectivity index (χ4n) is 1.86. The lowest BCUT2D eigenvalue weighted by atomic mass is 10.2. The molecule has 0 spiro atoms. The number of likely N-dealkylation sites (N-methyl/N-ethyl adjacent to an activating group) is 1. The van der Waals surface area contributed by atoms with E-state index in [2.05, 4.69) is 17.3 Å². The van der Waals surface area contributed by atoms with Gasteiger partial charge in [-0.2, -0.15) is 0 Å². The quantitative estimate of drug-likeness (QED) is 0.593. The average molecular weight is 216 g/mol. The number of hydrogen-bond donors (Lipinski definition) is 1. The van der Waals surface area contributed by atoms with Crippen molar-refractivity contribution in [2.45, 2.75) is 18.9 Å². The van der Waals surface area contributed by atoms with E-state index in [-0.39, 0.29) is 0 Å². The van der Waals surface area contributed by atoms with Gasteiger partial charge in [-0.25, -0.2) is 0 Å². The van der Waals surface area contributed by atoms with Gasteiger partial charge in [0.1, 0.15) is 0 Å². The van der Waals surface area contributed by atoms with Crippen molar-refractivity contribution in [3.05, 3.63) is 0 Å². The molecule has 1 saturated heterocycles. The van der Waals surface area contributed by atoms with Crippen LogP contribution in [0.4, 0.5) is 0 Å². The van der Waals surface area contributed by atoms with Gasteiger partial charge in [-0.15, -0.1) is 0 Å². The molecule has 4 nitrogen and oxygen atoms in total. The predicted octanol–water partition coefficient (Wildman–Crippen LogP) is 0.333. The summed E-state index contributed by atoms with van der Waals surface area (Å²) >= 11 is 0. The molecule has 90 valence electrons. The number of rotatable bonds is 8. The normalized spacial score (nSPS) is 21.4. The van der Waals surface area contributed by atoms with Crippen LogP contribution in [-0.2, 0) is 9.47 Å². The van der Waals surface area contributed by atoms with Crippen molar-refractivity contribution in [1.29, 1.82) is 0 Å². The van der Waals surface area contributed by atoms with Gasteiger partial charge in [-0.05, 0) is 26.4 Å². The van der Waals surface area contributed by atoms with Crippen molar-refractivity contribution in [2.24, 2.45) is 0 Å². The molecule has 1 unspecified atom stereocenters. The van der Waals surface area contributed by atoms with Crippen LogP contribution in [0.25, 0.3) is 0 Å². The van der Waals surface area contributed by atoms with E-state index in [4.69, 9.17) is 9.47 Å². The van der Waals surface area contributed by atoms with Gasteiger partial charge in [-0.3, -0.25) is 0 Å². The Hall–Kier alpha value is -0.160. The Balaban J connectivity index is 1.90. The highest BCUT2D eigenvalue weighted by molar-refractivity contribution is 4.78. The van der Waals surface area contributed by atoms with Gasteiger partial charge < -0.3 is 19.7 Å². The first-order valence-corrected chi connectivity index (χ1v) is 5.82. The molecule has 15 heavy (non-hydrogen) atoms. The topological polar surface area (TPSA) is 33.7 Å². The maximum atomic E-state index is 5.42. The molecule has 0 aromatic rings. The van der Waals surface area contributed by atoms with Crippen LogP contribution in [0.1, 0.15) is 12.8 Å². The van der Waals surface area contributed by atoms with Crippen LogP contribution in [0, 0.1) is 0 Å². The second kappa shape index (κ2) is 8.05. The molecule has 0 amide bonds. The highest BCUT2D eigenvalue weighted by Gasteiger charge is 2.18. The summed E-state index contributed by atoms with van der Waals surface area (Å²) in [5.74, 6) is 0. The molecule has 4 heteroatoms. The van der Waals surface area contributed by atoms with Gasteiger partial charge in [0.05, 0.1) is 13.2 Å². The van der Waals surface area contributed by atoms with Crippen LogP contribution >= 0.6 is 0 Å². The fourth-order valence-corrected chi connectivity index (χ4v) is 1.86. The van der Waals surface area contributed by atoms with Crippen LogP contribution in [-0.4, -0.2) is 64.6 Å². The molecule has 0 bridgehead atoms. The summed E-state index contributed by atoms with van der Waals surface area (Å²) in [6.45, 7) is 5.68. The highest BCUT2D eigenvalue weighted by atomic mass is 16.5. The van der Waals surface area contributed by atoms with E-state index in [1.165, 1.54) is 13.0 Å². The maximum Gasteiger partial charge on any atom is 0.0700 e. The summed E-state index contributed by atoms with van der Waals surface area (Å²) in [7, 11) is 3.90. The first-order chi connectivity index (χ1) is 7.34. The predicted molar refractivity (Wildman–Crippen MR) is 61.2 cm³/mol. The molecular weight excluding hydrogens is 192 g/mol. The van der Waals surface area contributed by atoms with Gasteiger partial charge in [0.25, 0.3) is 0 Å². The fraction of sp³-hybridized carbons (Fsp3) is 1.00. The molecule has 0 radical (unpaired) electrons. The minimum Gasteiger partial charge on any atom is -0.382 e. The number of ether oxygens (including phenoxy) is 2. The van der Waals surface area contributed by atoms with Crippen molar-refractivity contribution in [3.8, 4) is 0 Å². The van der Waals surface area contributed by atoms with Crippen LogP contribution in [0.5, 0.6) is 0 Å². The summed E-state index contributed by atoms with van der Waals surface area (Å²) in [5, 5.41) is 3.38. The zero-order chi connectivity index (χ0) is 10.9. The summed E-state index contributed by atoms with van der Waals surface area (Å²) in [6, 6.07) is 0.726. The summed E-state index contributed by atoms with van der Waals surface area (Å²) in [6.07, 6.45) is 2.39. The lowest BCUT2D eigenvalue weighted by molar-refractivity contribution is 0.0648. The van der Waals surface area contributed by atoms with Crippen molar-refractivity contribution >= 4 is 0 Å². The van der Waals surface area contributed by atoms with Crippen molar-refractivity contribution in [3.63, 3.8) is 0 Å². The Morgan fingerprint density at radius 3 is 2.87 bits per heavy atom. The molecule has 1 atom stereocenters. The second-order valence-corrected chi connectivity index (χ2v) is 4.09. The van der Waals surface area contributed by atoms with E-state index in [1.807, 2.05) is 0 Å². The first kappa shape index (κ1) is 12.9. The van der Waals surface area contributed by atoms with E-state index >= 15 is 0 Å². The number of nitrogens with one attached hydrogen (secondary N) is 1. The lowest BCUT2D eigenvalue weighted by Gasteiger charge is -2.23. The van der Waals surface area contributed by atoms with E-state index in [0.29, 0.717) is 13.2 Å². The van der Waals surface area contributed by atoms with Crippen LogP contribution in [0.3, 0.4) is 0 Å². The molecule has 0 aromatic carbocycles. The Bertz CT molecular complexity index is 150. The SMILES string of the molecule is COCCOCCCN(C)C1CCNC1. The van der Waals surface area contributed by atoms with E-state index in [9.17, 15) is 0 Å². The molecule has 0 saturated carbocycles. The minimum atomic E-state index is 0.697. The third-order valence-electron chi connectivity index (χ3n) is 2.89. The van der Waals surface area contributed by atoms with E-state index < -0.39 is 0 Å². The van der Waals surface area contributed by atoms with Gasteiger partial charge in [0, 0.05) is 32.8 Å². The Labute approximate surface area is 92.9 Å². The van der Waals surface area contributed by atoms with Crippen LogP contribution < -0.4 is 5.32 Å². The molecule has 1 aliphatic heterocycles. The average Bonchev–Trinajstić information content (AvgIpc) is 2.76. The Morgan fingerprint density at radius 1 is 1.33 bits per heavy atom. The monoisotopic (exact) mass is 216 g/mol. The standard InChI is InChI=1S/C11H24N2O2/c1-13(11-4-5-12-10-11)6-3-7-15-9-8-14-2/h11-12H,3-10H2,1-2H3. The second-order valence-electron chi connectivity index (χ2n) is 4.09. The van der Waals surface area contributed by atoms with E-state index in [1.54, 1.807) is 7.11 Å². The summed E-state index contributed by atoms with van der Waals surface area (Å²) in [4.78, 5) is 2.43. The number of hydrogen-bond acceptors (Lipinski definition) is 4. The third-order valence-corrected chi connectivity index (χ3v) is 2.89. The largest absolute Gasteiger partial charge is 0.382 e. The minimum absolute atomic E-state index is 0.697. The van der Waals surface area contributed by atoms with Crippen molar-refractivity contribution in [1.82, 2.24) is 10.2 Å². The van der Waals surface area contributed by atoms with E-state index in [0.717, 1.165) is 32.2 Å². The lowest BCUT2D eigenvalue weighted by Crippen LogP contribution is -2.34. The number of nitrogens with zero attached hydrogens (tertiary/aromatic N) is 1. The van der Waals surface area contributed by atoms with Gasteiger partial charge >= 0.3 is 0 Å². The molecule has 1 rings (SSSR count). The molecule has 1 aliphatic rings. The maximum absolute atomic E-state index is 5.42. The Morgan fingerprint density at radius 2 is 2.20 bits per heavy atom. The van der Waals surface area contributed by atoms with Crippen LogP contribution in [0.15, 0.2) is 0 Å². The zero-order valence-corrected chi connectivity index (χ0v) is 10.00. The van der Waals surface area contributed by atoms with Crippen molar-refractivity contribution in [2.75, 3.05) is 53.6 Å². The highest BCUT2D eigenvalue weighted by Crippen LogP contribution is 2.06. The van der Waals surface area contributed by atoms with Gasteiger partial charge in [-0.1, -0.05) is 0 Å². The van der Waals surface area contributed by atoms with Crippen molar-refractivity contribution < 1.29 is 9.47 Å². The smallest absolute Gasteiger partial charge is 0.0700 e. The molecule has 1 N–H and O–H groups in total. The van der Waals surface area contributed by atoms with Gasteiger partial charge in [0.2, 0.25) is 0 Å². The molecular formula is C11H24N2O2. The molecule has 0 aromatic heterocycles. The first-order valence-electron chi connectivity index (χ1n) is 5.82. The molecule has 1 fully saturated rings. The zero-order valence-electron chi connectivity index (χ0n) is 10.00. The van der Waals surface area contributed by atoms with Gasteiger partial charge in [0.15, 0.2) is 0 Å². The third kappa shape index (κ3) is 5.47. The molecule has 0 aliphatic carbocycles. The molecule has 1 heterocycles. The number of methoxy groups -OCH3 is 1. The summed E-state index contributed by atoms with van der Waals surface area (Å²) in [5.41, 5.74) is 0.